The topological polar surface area (TPSA) is 72.4 Å². The number of rotatable bonds is 3. The van der Waals surface area contributed by atoms with Gasteiger partial charge in [-0.25, -0.2) is 4.98 Å². The number of hydrogen-bond acceptors (Lipinski definition) is 5. The van der Waals surface area contributed by atoms with Gasteiger partial charge in [-0.15, -0.1) is 0 Å². The fourth-order valence-electron chi connectivity index (χ4n) is 4.01. The lowest BCUT2D eigenvalue weighted by Gasteiger charge is -2.25. The van der Waals surface area contributed by atoms with Gasteiger partial charge in [0, 0.05) is 11.6 Å². The van der Waals surface area contributed by atoms with Crippen LogP contribution >= 0.6 is 11.6 Å². The number of nitrogens with zero attached hydrogens (tertiary/aromatic N) is 3. The van der Waals surface area contributed by atoms with Crippen molar-refractivity contribution in [1.82, 2.24) is 15.0 Å². The zero-order chi connectivity index (χ0) is 20.0. The van der Waals surface area contributed by atoms with Crippen LogP contribution in [0.4, 0.5) is 0 Å². The van der Waals surface area contributed by atoms with Crippen LogP contribution < -0.4 is 0 Å². The van der Waals surface area contributed by atoms with E-state index in [9.17, 15) is 4.79 Å². The first-order valence-electron chi connectivity index (χ1n) is 9.49. The Balaban J connectivity index is 1.59. The van der Waals surface area contributed by atoms with E-state index in [1.807, 2.05) is 36.1 Å². The molecule has 1 fully saturated rings. The largest absolute Gasteiger partial charge is 0.463 e. The molecular weight excluding hydrogens is 390 g/mol. The molecule has 1 aliphatic rings. The van der Waals surface area contributed by atoms with E-state index in [1.165, 1.54) is 0 Å². The molecule has 146 valence electrons. The molecule has 6 nitrogen and oxygen atoms in total. The minimum Gasteiger partial charge on any atom is -0.463 e. The van der Waals surface area contributed by atoms with Crippen molar-refractivity contribution in [3.05, 3.63) is 70.6 Å². The first kappa shape index (κ1) is 17.9. The van der Waals surface area contributed by atoms with Crippen LogP contribution in [-0.4, -0.2) is 27.5 Å². The highest BCUT2D eigenvalue weighted by molar-refractivity contribution is 6.30. The SMILES string of the molecule is Cc1noc2nc(-c3ccco3)cc(C(=O)N3CCCC3c3ccc(Cl)cc3)c12. The predicted molar refractivity (Wildman–Crippen MR) is 109 cm³/mol. The van der Waals surface area contributed by atoms with Gasteiger partial charge in [-0.1, -0.05) is 28.9 Å². The van der Waals surface area contributed by atoms with Crippen molar-refractivity contribution in [2.24, 2.45) is 0 Å². The number of carbonyl (C=O) groups is 1. The van der Waals surface area contributed by atoms with Crippen LogP contribution in [-0.2, 0) is 0 Å². The van der Waals surface area contributed by atoms with E-state index < -0.39 is 0 Å². The number of aryl methyl sites for hydroxylation is 1. The Labute approximate surface area is 172 Å². The zero-order valence-electron chi connectivity index (χ0n) is 15.8. The Hall–Kier alpha value is -3.12. The highest BCUT2D eigenvalue weighted by atomic mass is 35.5. The van der Waals surface area contributed by atoms with E-state index >= 15 is 0 Å². The van der Waals surface area contributed by atoms with Gasteiger partial charge in [0.1, 0.15) is 5.69 Å². The number of hydrogen-bond donors (Lipinski definition) is 0. The first-order chi connectivity index (χ1) is 14.1. The van der Waals surface area contributed by atoms with Gasteiger partial charge in [-0.05, 0) is 55.7 Å². The highest BCUT2D eigenvalue weighted by Crippen LogP contribution is 2.36. The number of benzene rings is 1. The number of carbonyl (C=O) groups excluding carboxylic acids is 1. The number of aromatic nitrogens is 2. The van der Waals surface area contributed by atoms with Crippen molar-refractivity contribution in [2.75, 3.05) is 6.54 Å². The summed E-state index contributed by atoms with van der Waals surface area (Å²) in [4.78, 5) is 20.1. The first-order valence-corrected chi connectivity index (χ1v) is 9.87. The second-order valence-electron chi connectivity index (χ2n) is 7.19. The molecule has 3 aromatic heterocycles. The smallest absolute Gasteiger partial charge is 0.259 e. The van der Waals surface area contributed by atoms with Crippen LogP contribution in [0, 0.1) is 6.92 Å². The number of halogens is 1. The molecule has 29 heavy (non-hydrogen) atoms. The average Bonchev–Trinajstić information content (AvgIpc) is 3.49. The maximum atomic E-state index is 13.7. The average molecular weight is 408 g/mol. The summed E-state index contributed by atoms with van der Waals surface area (Å²) in [6, 6.07) is 13.1. The summed E-state index contributed by atoms with van der Waals surface area (Å²) in [5.74, 6) is 0.514. The maximum absolute atomic E-state index is 13.7. The van der Waals surface area contributed by atoms with Gasteiger partial charge in [0.2, 0.25) is 0 Å². The van der Waals surface area contributed by atoms with Crippen LogP contribution in [0.5, 0.6) is 0 Å². The second-order valence-corrected chi connectivity index (χ2v) is 7.63. The molecule has 1 amide bonds. The molecule has 0 aliphatic carbocycles. The summed E-state index contributed by atoms with van der Waals surface area (Å²) < 4.78 is 10.9. The molecule has 1 saturated heterocycles. The fourth-order valence-corrected chi connectivity index (χ4v) is 4.14. The summed E-state index contributed by atoms with van der Waals surface area (Å²) in [6.07, 6.45) is 3.43. The van der Waals surface area contributed by atoms with Crippen LogP contribution in [0.1, 0.15) is 40.5 Å². The Morgan fingerprint density at radius 1 is 1.24 bits per heavy atom. The molecule has 0 radical (unpaired) electrons. The van der Waals surface area contributed by atoms with Gasteiger partial charge >= 0.3 is 0 Å². The van der Waals surface area contributed by atoms with Crippen molar-refractivity contribution < 1.29 is 13.7 Å². The number of amides is 1. The molecule has 1 aromatic carbocycles. The molecular formula is C22H18ClN3O3. The van der Waals surface area contributed by atoms with Crippen molar-refractivity contribution in [1.29, 1.82) is 0 Å². The van der Waals surface area contributed by atoms with Crippen LogP contribution in [0.15, 0.2) is 57.7 Å². The van der Waals surface area contributed by atoms with Gasteiger partial charge in [-0.2, -0.15) is 0 Å². The fraction of sp³-hybridized carbons (Fsp3) is 0.227. The van der Waals surface area contributed by atoms with E-state index in [4.69, 9.17) is 20.5 Å². The number of likely N-dealkylation sites (tertiary alicyclic amines) is 1. The molecule has 5 rings (SSSR count). The minimum atomic E-state index is -0.0612. The lowest BCUT2D eigenvalue weighted by molar-refractivity contribution is 0.0737. The Kier molecular flexibility index (Phi) is 4.36. The van der Waals surface area contributed by atoms with Crippen LogP contribution in [0.2, 0.25) is 5.02 Å². The van der Waals surface area contributed by atoms with Gasteiger partial charge in [0.05, 0.1) is 28.9 Å². The van der Waals surface area contributed by atoms with E-state index in [0.717, 1.165) is 18.4 Å². The van der Waals surface area contributed by atoms with Crippen molar-refractivity contribution in [3.63, 3.8) is 0 Å². The van der Waals surface area contributed by atoms with Crippen LogP contribution in [0.3, 0.4) is 0 Å². The summed E-state index contributed by atoms with van der Waals surface area (Å²) in [6.45, 7) is 2.51. The van der Waals surface area contributed by atoms with E-state index in [2.05, 4.69) is 10.1 Å². The van der Waals surface area contributed by atoms with Gasteiger partial charge < -0.3 is 13.8 Å². The molecule has 0 saturated carbocycles. The lowest BCUT2D eigenvalue weighted by atomic mass is 10.0. The lowest BCUT2D eigenvalue weighted by Crippen LogP contribution is -2.30. The van der Waals surface area contributed by atoms with E-state index in [1.54, 1.807) is 24.5 Å². The van der Waals surface area contributed by atoms with Gasteiger partial charge in [-0.3, -0.25) is 4.79 Å². The molecule has 4 heterocycles. The van der Waals surface area contributed by atoms with Crippen LogP contribution in [0.25, 0.3) is 22.6 Å². The molecule has 0 bridgehead atoms. The third-order valence-electron chi connectivity index (χ3n) is 5.39. The standard InChI is InChI=1S/C22H18ClN3O3/c1-13-20-16(12-17(19-5-3-11-28-19)24-21(20)29-25-13)22(27)26-10-2-4-18(26)14-6-8-15(23)9-7-14/h3,5-9,11-12,18H,2,4,10H2,1H3. The summed E-state index contributed by atoms with van der Waals surface area (Å²) >= 11 is 6.04. The molecule has 1 atom stereocenters. The van der Waals surface area contributed by atoms with E-state index in [-0.39, 0.29) is 11.9 Å². The third-order valence-corrected chi connectivity index (χ3v) is 5.64. The molecule has 7 heteroatoms. The van der Waals surface area contributed by atoms with E-state index in [0.29, 0.717) is 45.4 Å². The summed E-state index contributed by atoms with van der Waals surface area (Å²) in [5.41, 5.74) is 3.13. The third kappa shape index (κ3) is 3.09. The Bertz CT molecular complexity index is 1180. The number of fused-ring (bicyclic) bond motifs is 1. The molecule has 1 unspecified atom stereocenters. The van der Waals surface area contributed by atoms with Gasteiger partial charge in [0.25, 0.3) is 11.6 Å². The molecule has 0 N–H and O–H groups in total. The van der Waals surface area contributed by atoms with Crippen molar-refractivity contribution in [2.45, 2.75) is 25.8 Å². The minimum absolute atomic E-state index is 0.00945. The Morgan fingerprint density at radius 2 is 2.07 bits per heavy atom. The molecule has 4 aromatic rings. The van der Waals surface area contributed by atoms with Crippen molar-refractivity contribution in [3.8, 4) is 11.5 Å². The Morgan fingerprint density at radius 3 is 2.83 bits per heavy atom. The number of pyridine rings is 1. The number of furan rings is 1. The molecule has 0 spiro atoms. The second kappa shape index (κ2) is 7.04. The van der Waals surface area contributed by atoms with Gasteiger partial charge in [0.15, 0.2) is 5.76 Å². The quantitative estimate of drug-likeness (QED) is 0.453. The maximum Gasteiger partial charge on any atom is 0.259 e. The predicted octanol–water partition coefficient (Wildman–Crippen LogP) is 5.42. The molecule has 1 aliphatic heterocycles. The summed E-state index contributed by atoms with van der Waals surface area (Å²) in [5, 5.41) is 5.35. The monoisotopic (exact) mass is 407 g/mol. The summed E-state index contributed by atoms with van der Waals surface area (Å²) in [7, 11) is 0. The zero-order valence-corrected chi connectivity index (χ0v) is 16.5. The van der Waals surface area contributed by atoms with Crippen molar-refractivity contribution >= 4 is 28.6 Å². The highest BCUT2D eigenvalue weighted by Gasteiger charge is 2.33. The normalized spacial score (nSPS) is 16.6.